The highest BCUT2D eigenvalue weighted by molar-refractivity contribution is 6.00. The van der Waals surface area contributed by atoms with Crippen molar-refractivity contribution in [3.63, 3.8) is 0 Å². The lowest BCUT2D eigenvalue weighted by Gasteiger charge is -2.12. The van der Waals surface area contributed by atoms with E-state index in [0.29, 0.717) is 0 Å². The minimum Gasteiger partial charge on any atom is -0.493 e. The van der Waals surface area contributed by atoms with Crippen LogP contribution in [0.15, 0.2) is 12.1 Å². The summed E-state index contributed by atoms with van der Waals surface area (Å²) in [4.78, 5) is 12.1. The van der Waals surface area contributed by atoms with Crippen molar-refractivity contribution >= 4 is 5.78 Å². The maximum absolute atomic E-state index is 13.4. The third kappa shape index (κ3) is 2.30. The Balaban J connectivity index is 2.39. The molecule has 0 atom stereocenters. The number of rotatable bonds is 3. The highest BCUT2D eigenvalue weighted by Crippen LogP contribution is 2.32. The second kappa shape index (κ2) is 4.82. The van der Waals surface area contributed by atoms with Crippen LogP contribution in [0.5, 0.6) is 5.75 Å². The molecule has 1 saturated carbocycles. The standard InChI is InChI=1S/C13H14F2O2/c1-17-13-10(6-9(14)7-11(13)15)12(16)8-4-2-3-5-8/h6-8H,2-5H2,1H3. The van der Waals surface area contributed by atoms with Crippen molar-refractivity contribution in [2.45, 2.75) is 25.7 Å². The molecule has 0 radical (unpaired) electrons. The predicted octanol–water partition coefficient (Wildman–Crippen LogP) is 3.35. The van der Waals surface area contributed by atoms with Gasteiger partial charge in [-0.05, 0) is 18.9 Å². The molecule has 0 spiro atoms. The fraction of sp³-hybridized carbons (Fsp3) is 0.462. The van der Waals surface area contributed by atoms with E-state index in [1.54, 1.807) is 0 Å². The fourth-order valence-corrected chi connectivity index (χ4v) is 2.36. The average Bonchev–Trinajstić information content (AvgIpc) is 2.80. The highest BCUT2D eigenvalue weighted by atomic mass is 19.1. The summed E-state index contributed by atoms with van der Waals surface area (Å²) in [5, 5.41) is 0. The van der Waals surface area contributed by atoms with Gasteiger partial charge in [-0.3, -0.25) is 4.79 Å². The number of carbonyl (C=O) groups is 1. The van der Waals surface area contributed by atoms with Crippen molar-refractivity contribution in [1.29, 1.82) is 0 Å². The number of hydrogen-bond donors (Lipinski definition) is 0. The van der Waals surface area contributed by atoms with Gasteiger partial charge in [0.1, 0.15) is 5.82 Å². The van der Waals surface area contributed by atoms with Gasteiger partial charge in [0.25, 0.3) is 0 Å². The fourth-order valence-electron chi connectivity index (χ4n) is 2.36. The Hall–Kier alpha value is -1.45. The Bertz CT molecular complexity index is 437. The van der Waals surface area contributed by atoms with Gasteiger partial charge in [0.05, 0.1) is 12.7 Å². The molecule has 17 heavy (non-hydrogen) atoms. The Morgan fingerprint density at radius 2 is 1.94 bits per heavy atom. The van der Waals surface area contributed by atoms with Crippen molar-refractivity contribution in [3.05, 3.63) is 29.3 Å². The first kappa shape index (κ1) is 12.0. The zero-order valence-corrected chi connectivity index (χ0v) is 9.63. The molecule has 1 aliphatic rings. The van der Waals surface area contributed by atoms with Crippen molar-refractivity contribution in [1.82, 2.24) is 0 Å². The van der Waals surface area contributed by atoms with Gasteiger partial charge in [-0.1, -0.05) is 12.8 Å². The SMILES string of the molecule is COc1c(F)cc(F)cc1C(=O)C1CCCC1. The first-order chi connectivity index (χ1) is 8.13. The lowest BCUT2D eigenvalue weighted by Crippen LogP contribution is -2.13. The zero-order valence-electron chi connectivity index (χ0n) is 9.63. The van der Waals surface area contributed by atoms with Gasteiger partial charge >= 0.3 is 0 Å². The summed E-state index contributed by atoms with van der Waals surface area (Å²) >= 11 is 0. The van der Waals surface area contributed by atoms with Crippen LogP contribution in [0.4, 0.5) is 8.78 Å². The van der Waals surface area contributed by atoms with Gasteiger partial charge < -0.3 is 4.74 Å². The summed E-state index contributed by atoms with van der Waals surface area (Å²) in [7, 11) is 1.28. The molecule has 0 amide bonds. The average molecular weight is 240 g/mol. The maximum atomic E-state index is 13.4. The van der Waals surface area contributed by atoms with Crippen LogP contribution in [0.25, 0.3) is 0 Å². The topological polar surface area (TPSA) is 26.3 Å². The van der Waals surface area contributed by atoms with E-state index in [4.69, 9.17) is 4.74 Å². The molecule has 2 nitrogen and oxygen atoms in total. The zero-order chi connectivity index (χ0) is 12.4. The molecule has 0 unspecified atom stereocenters. The number of halogens is 2. The van der Waals surface area contributed by atoms with Crippen LogP contribution in [0.1, 0.15) is 36.0 Å². The largest absolute Gasteiger partial charge is 0.493 e. The second-order valence-electron chi connectivity index (χ2n) is 4.31. The monoisotopic (exact) mass is 240 g/mol. The molecule has 1 aromatic rings. The normalized spacial score (nSPS) is 16.2. The van der Waals surface area contributed by atoms with Gasteiger partial charge in [-0.25, -0.2) is 8.78 Å². The molecule has 0 saturated heterocycles. The van der Waals surface area contributed by atoms with Crippen molar-refractivity contribution in [3.8, 4) is 5.75 Å². The Morgan fingerprint density at radius 3 is 2.53 bits per heavy atom. The van der Waals surface area contributed by atoms with E-state index in [1.165, 1.54) is 7.11 Å². The third-order valence-electron chi connectivity index (χ3n) is 3.20. The quantitative estimate of drug-likeness (QED) is 0.757. The number of carbonyl (C=O) groups excluding carboxylic acids is 1. The number of hydrogen-bond acceptors (Lipinski definition) is 2. The van der Waals surface area contributed by atoms with Crippen LogP contribution >= 0.6 is 0 Å². The van der Waals surface area contributed by atoms with Gasteiger partial charge in [-0.15, -0.1) is 0 Å². The number of ketones is 1. The summed E-state index contributed by atoms with van der Waals surface area (Å²) in [5.41, 5.74) is 0.0249. The van der Waals surface area contributed by atoms with E-state index >= 15 is 0 Å². The molecule has 0 heterocycles. The number of Topliss-reactive ketones (excluding diaryl/α,β-unsaturated/α-hetero) is 1. The number of methoxy groups -OCH3 is 1. The Labute approximate surface area is 98.6 Å². The second-order valence-corrected chi connectivity index (χ2v) is 4.31. The van der Waals surface area contributed by atoms with Crippen molar-refractivity contribution in [2.75, 3.05) is 7.11 Å². The molecular formula is C13H14F2O2. The summed E-state index contributed by atoms with van der Waals surface area (Å²) in [5.74, 6) is -2.05. The minimum absolute atomic E-state index is 0.0249. The summed E-state index contributed by atoms with van der Waals surface area (Å²) in [6.07, 6.45) is 3.58. The van der Waals surface area contributed by atoms with Gasteiger partial charge in [0, 0.05) is 12.0 Å². The molecular weight excluding hydrogens is 226 g/mol. The van der Waals surface area contributed by atoms with Crippen LogP contribution in [-0.2, 0) is 0 Å². The van der Waals surface area contributed by atoms with Crippen LogP contribution in [0.2, 0.25) is 0 Å². The van der Waals surface area contributed by atoms with Gasteiger partial charge in [-0.2, -0.15) is 0 Å². The van der Waals surface area contributed by atoms with Crippen LogP contribution in [-0.4, -0.2) is 12.9 Å². The molecule has 1 fully saturated rings. The molecule has 4 heteroatoms. The first-order valence-electron chi connectivity index (χ1n) is 5.70. The van der Waals surface area contributed by atoms with E-state index in [-0.39, 0.29) is 23.0 Å². The molecule has 1 aliphatic carbocycles. The molecule has 0 N–H and O–H groups in total. The van der Waals surface area contributed by atoms with Crippen LogP contribution in [0.3, 0.4) is 0 Å². The van der Waals surface area contributed by atoms with E-state index in [0.717, 1.165) is 37.8 Å². The predicted molar refractivity (Wildman–Crippen MR) is 59.2 cm³/mol. The first-order valence-corrected chi connectivity index (χ1v) is 5.70. The number of benzene rings is 1. The molecule has 1 aromatic carbocycles. The summed E-state index contributed by atoms with van der Waals surface area (Å²) < 4.78 is 31.4. The number of ether oxygens (including phenoxy) is 1. The lowest BCUT2D eigenvalue weighted by atomic mass is 9.95. The third-order valence-corrected chi connectivity index (χ3v) is 3.20. The smallest absolute Gasteiger partial charge is 0.169 e. The van der Waals surface area contributed by atoms with Crippen LogP contribution in [0, 0.1) is 17.6 Å². The Kier molecular flexibility index (Phi) is 3.41. The van der Waals surface area contributed by atoms with E-state index in [2.05, 4.69) is 0 Å². The summed E-state index contributed by atoms with van der Waals surface area (Å²) in [6, 6.07) is 1.78. The molecule has 0 aromatic heterocycles. The molecule has 2 rings (SSSR count). The lowest BCUT2D eigenvalue weighted by molar-refractivity contribution is 0.0918. The highest BCUT2D eigenvalue weighted by Gasteiger charge is 2.27. The van der Waals surface area contributed by atoms with Gasteiger partial charge in [0.2, 0.25) is 0 Å². The van der Waals surface area contributed by atoms with E-state index in [1.807, 2.05) is 0 Å². The van der Waals surface area contributed by atoms with Crippen LogP contribution < -0.4 is 4.74 Å². The maximum Gasteiger partial charge on any atom is 0.169 e. The minimum atomic E-state index is -0.825. The molecule has 92 valence electrons. The van der Waals surface area contributed by atoms with E-state index < -0.39 is 11.6 Å². The Morgan fingerprint density at radius 1 is 1.29 bits per heavy atom. The summed E-state index contributed by atoms with van der Waals surface area (Å²) in [6.45, 7) is 0. The van der Waals surface area contributed by atoms with E-state index in [9.17, 15) is 13.6 Å². The van der Waals surface area contributed by atoms with Gasteiger partial charge in [0.15, 0.2) is 17.3 Å². The van der Waals surface area contributed by atoms with Crippen molar-refractivity contribution in [2.24, 2.45) is 5.92 Å². The van der Waals surface area contributed by atoms with Crippen molar-refractivity contribution < 1.29 is 18.3 Å². The molecule has 0 bridgehead atoms. The molecule has 0 aliphatic heterocycles.